The summed E-state index contributed by atoms with van der Waals surface area (Å²) in [5.74, 6) is 0.00917. The maximum Gasteiger partial charge on any atom is 0.196 e. The Kier molecular flexibility index (Phi) is 4.13. The summed E-state index contributed by atoms with van der Waals surface area (Å²) in [6, 6.07) is 15.4. The molecule has 0 saturated heterocycles. The van der Waals surface area contributed by atoms with Crippen LogP contribution >= 0.6 is 0 Å². The van der Waals surface area contributed by atoms with Gasteiger partial charge in [-0.05, 0) is 30.5 Å². The van der Waals surface area contributed by atoms with Crippen LogP contribution in [0.2, 0.25) is 0 Å². The molecule has 0 saturated carbocycles. The predicted molar refractivity (Wildman–Crippen MR) is 76.4 cm³/mol. The van der Waals surface area contributed by atoms with E-state index < -0.39 is 6.10 Å². The van der Waals surface area contributed by atoms with Gasteiger partial charge in [0, 0.05) is 12.7 Å². The Hall–Kier alpha value is -1.93. The molecule has 0 radical (unpaired) electrons. The lowest BCUT2D eigenvalue weighted by Gasteiger charge is -2.16. The van der Waals surface area contributed by atoms with Gasteiger partial charge in [0.05, 0.1) is 0 Å². The minimum Gasteiger partial charge on any atom is -0.369 e. The quantitative estimate of drug-likeness (QED) is 0.774. The van der Waals surface area contributed by atoms with E-state index >= 15 is 0 Å². The second-order valence-electron chi connectivity index (χ2n) is 4.64. The SMILES string of the molecule is COC(C(=O)c1cccc(C)c1C)c1ccccc1. The third-order valence-electron chi connectivity index (χ3n) is 3.45. The lowest BCUT2D eigenvalue weighted by atomic mass is 9.94. The minimum atomic E-state index is -0.540. The van der Waals surface area contributed by atoms with Gasteiger partial charge in [-0.15, -0.1) is 0 Å². The van der Waals surface area contributed by atoms with Crippen molar-refractivity contribution in [2.24, 2.45) is 0 Å². The molecule has 2 nitrogen and oxygen atoms in total. The number of hydrogen-bond donors (Lipinski definition) is 0. The third-order valence-corrected chi connectivity index (χ3v) is 3.45. The van der Waals surface area contributed by atoms with Gasteiger partial charge < -0.3 is 4.74 Å². The lowest BCUT2D eigenvalue weighted by molar-refractivity contribution is 0.0603. The summed E-state index contributed by atoms with van der Waals surface area (Å²) in [4.78, 5) is 12.6. The number of ketones is 1. The minimum absolute atomic E-state index is 0.00917. The van der Waals surface area contributed by atoms with E-state index in [2.05, 4.69) is 0 Å². The average Bonchev–Trinajstić information content (AvgIpc) is 2.44. The van der Waals surface area contributed by atoms with Crippen LogP contribution in [0.1, 0.15) is 33.2 Å². The molecule has 0 spiro atoms. The third kappa shape index (κ3) is 2.74. The van der Waals surface area contributed by atoms with Gasteiger partial charge in [-0.3, -0.25) is 4.79 Å². The summed E-state index contributed by atoms with van der Waals surface area (Å²) >= 11 is 0. The Bertz CT molecular complexity index is 573. The summed E-state index contributed by atoms with van der Waals surface area (Å²) in [7, 11) is 1.57. The number of methoxy groups -OCH3 is 1. The van der Waals surface area contributed by atoms with Crippen LogP contribution in [0.25, 0.3) is 0 Å². The molecule has 2 rings (SSSR count). The normalized spacial score (nSPS) is 12.2. The first-order chi connectivity index (χ1) is 9.15. The monoisotopic (exact) mass is 254 g/mol. The molecule has 0 aliphatic rings. The second-order valence-corrected chi connectivity index (χ2v) is 4.64. The first-order valence-corrected chi connectivity index (χ1v) is 6.33. The Balaban J connectivity index is 2.39. The van der Waals surface area contributed by atoms with E-state index in [1.165, 1.54) is 0 Å². The van der Waals surface area contributed by atoms with E-state index in [-0.39, 0.29) is 5.78 Å². The molecule has 0 N–H and O–H groups in total. The maximum atomic E-state index is 12.6. The van der Waals surface area contributed by atoms with E-state index in [1.54, 1.807) is 7.11 Å². The van der Waals surface area contributed by atoms with Crippen LogP contribution in [0.5, 0.6) is 0 Å². The number of carbonyl (C=O) groups is 1. The highest BCUT2D eigenvalue weighted by molar-refractivity contribution is 6.01. The fourth-order valence-electron chi connectivity index (χ4n) is 2.18. The first-order valence-electron chi connectivity index (χ1n) is 6.33. The Morgan fingerprint density at radius 1 is 1.00 bits per heavy atom. The van der Waals surface area contributed by atoms with Gasteiger partial charge in [-0.1, -0.05) is 48.5 Å². The molecule has 0 aliphatic carbocycles. The van der Waals surface area contributed by atoms with Gasteiger partial charge in [0.2, 0.25) is 0 Å². The number of hydrogen-bond acceptors (Lipinski definition) is 2. The van der Waals surface area contributed by atoms with Gasteiger partial charge in [0.1, 0.15) is 6.10 Å². The van der Waals surface area contributed by atoms with E-state index in [0.717, 1.165) is 22.3 Å². The van der Waals surface area contributed by atoms with E-state index in [1.807, 2.05) is 62.4 Å². The number of benzene rings is 2. The molecular weight excluding hydrogens is 236 g/mol. The van der Waals surface area contributed by atoms with Crippen LogP contribution < -0.4 is 0 Å². The molecule has 98 valence electrons. The molecule has 0 aliphatic heterocycles. The van der Waals surface area contributed by atoms with E-state index in [4.69, 9.17) is 4.74 Å². The molecule has 0 bridgehead atoms. The number of ether oxygens (including phenoxy) is 1. The second kappa shape index (κ2) is 5.81. The molecule has 2 aromatic rings. The Morgan fingerprint density at radius 3 is 2.32 bits per heavy atom. The number of Topliss-reactive ketones (excluding diaryl/α,β-unsaturated/α-hetero) is 1. The zero-order valence-electron chi connectivity index (χ0n) is 11.5. The van der Waals surface area contributed by atoms with Gasteiger partial charge in [-0.25, -0.2) is 0 Å². The Labute approximate surface area is 114 Å². The summed E-state index contributed by atoms with van der Waals surface area (Å²) in [6.45, 7) is 3.98. The summed E-state index contributed by atoms with van der Waals surface area (Å²) in [5.41, 5.74) is 3.76. The zero-order chi connectivity index (χ0) is 13.8. The van der Waals surface area contributed by atoms with E-state index in [9.17, 15) is 4.79 Å². The highest BCUT2D eigenvalue weighted by Gasteiger charge is 2.22. The highest BCUT2D eigenvalue weighted by atomic mass is 16.5. The van der Waals surface area contributed by atoms with Crippen molar-refractivity contribution in [2.45, 2.75) is 20.0 Å². The fraction of sp³-hybridized carbons (Fsp3) is 0.235. The highest BCUT2D eigenvalue weighted by Crippen LogP contribution is 2.24. The van der Waals surface area contributed by atoms with Crippen molar-refractivity contribution in [3.8, 4) is 0 Å². The number of carbonyl (C=O) groups excluding carboxylic acids is 1. The topological polar surface area (TPSA) is 26.3 Å². The van der Waals surface area contributed by atoms with Gasteiger partial charge in [-0.2, -0.15) is 0 Å². The summed E-state index contributed by atoms with van der Waals surface area (Å²) < 4.78 is 5.40. The largest absolute Gasteiger partial charge is 0.369 e. The molecule has 0 fully saturated rings. The van der Waals surface area contributed by atoms with Crippen LogP contribution in [0.4, 0.5) is 0 Å². The van der Waals surface area contributed by atoms with Crippen molar-refractivity contribution in [3.63, 3.8) is 0 Å². The van der Waals surface area contributed by atoms with Crippen molar-refractivity contribution >= 4 is 5.78 Å². The average molecular weight is 254 g/mol. The molecule has 0 heterocycles. The molecule has 2 heteroatoms. The standard InChI is InChI=1S/C17H18O2/c1-12-8-7-11-15(13(12)2)16(18)17(19-3)14-9-5-4-6-10-14/h4-11,17H,1-3H3. The molecular formula is C17H18O2. The van der Waals surface area contributed by atoms with Gasteiger partial charge in [0.25, 0.3) is 0 Å². The number of aryl methyl sites for hydroxylation is 1. The molecule has 19 heavy (non-hydrogen) atoms. The predicted octanol–water partition coefficient (Wildman–Crippen LogP) is 3.87. The van der Waals surface area contributed by atoms with Gasteiger partial charge in [0.15, 0.2) is 5.78 Å². The van der Waals surface area contributed by atoms with Crippen LogP contribution in [0, 0.1) is 13.8 Å². The van der Waals surface area contributed by atoms with Crippen molar-refractivity contribution in [2.75, 3.05) is 7.11 Å². The smallest absolute Gasteiger partial charge is 0.196 e. The van der Waals surface area contributed by atoms with Crippen molar-refractivity contribution in [1.29, 1.82) is 0 Å². The van der Waals surface area contributed by atoms with E-state index in [0.29, 0.717) is 0 Å². The molecule has 2 aromatic carbocycles. The molecule has 0 amide bonds. The maximum absolute atomic E-state index is 12.6. The lowest BCUT2D eigenvalue weighted by Crippen LogP contribution is -2.16. The number of rotatable bonds is 4. The van der Waals surface area contributed by atoms with Crippen molar-refractivity contribution < 1.29 is 9.53 Å². The first kappa shape index (κ1) is 13.5. The molecule has 1 atom stereocenters. The van der Waals surface area contributed by atoms with Crippen LogP contribution in [0.15, 0.2) is 48.5 Å². The summed E-state index contributed by atoms with van der Waals surface area (Å²) in [6.07, 6.45) is -0.540. The summed E-state index contributed by atoms with van der Waals surface area (Å²) in [5, 5.41) is 0. The van der Waals surface area contributed by atoms with Crippen LogP contribution in [0.3, 0.4) is 0 Å². The van der Waals surface area contributed by atoms with Crippen molar-refractivity contribution in [1.82, 2.24) is 0 Å². The fourth-order valence-corrected chi connectivity index (χ4v) is 2.18. The van der Waals surface area contributed by atoms with Crippen molar-refractivity contribution in [3.05, 3.63) is 70.8 Å². The Morgan fingerprint density at radius 2 is 1.68 bits per heavy atom. The molecule has 1 unspecified atom stereocenters. The molecule has 0 aromatic heterocycles. The van der Waals surface area contributed by atoms with Crippen LogP contribution in [-0.2, 0) is 4.74 Å². The van der Waals surface area contributed by atoms with Crippen LogP contribution in [-0.4, -0.2) is 12.9 Å². The zero-order valence-corrected chi connectivity index (χ0v) is 11.5. The van der Waals surface area contributed by atoms with Gasteiger partial charge >= 0.3 is 0 Å².